The van der Waals surface area contributed by atoms with Gasteiger partial charge >= 0.3 is 0 Å². The molecule has 0 amide bonds. The van der Waals surface area contributed by atoms with Gasteiger partial charge in [-0.1, -0.05) is 6.92 Å². The molecule has 0 aliphatic carbocycles. The molecular weight excluding hydrogens is 240 g/mol. The van der Waals surface area contributed by atoms with E-state index in [9.17, 15) is 5.11 Å². The zero-order valence-corrected chi connectivity index (χ0v) is 11.9. The smallest absolute Gasteiger partial charge is 0.0957 e. The fourth-order valence-corrected chi connectivity index (χ4v) is 2.39. The van der Waals surface area contributed by atoms with Gasteiger partial charge in [-0.05, 0) is 37.8 Å². The third-order valence-electron chi connectivity index (χ3n) is 3.69. The summed E-state index contributed by atoms with van der Waals surface area (Å²) < 4.78 is 5.75. The zero-order chi connectivity index (χ0) is 13.7. The summed E-state index contributed by atoms with van der Waals surface area (Å²) in [6, 6.07) is 3.92. The lowest BCUT2D eigenvalue weighted by atomic mass is 10.1. The maximum atomic E-state index is 9.72. The molecule has 1 aromatic rings. The van der Waals surface area contributed by atoms with Gasteiger partial charge < -0.3 is 14.7 Å². The van der Waals surface area contributed by atoms with E-state index in [1.54, 1.807) is 0 Å². The van der Waals surface area contributed by atoms with Crippen LogP contribution < -0.4 is 4.90 Å². The molecule has 0 spiro atoms. The Bertz CT molecular complexity index is 374. The van der Waals surface area contributed by atoms with Crippen molar-refractivity contribution in [2.45, 2.75) is 44.8 Å². The molecule has 0 saturated carbocycles. The lowest BCUT2D eigenvalue weighted by molar-refractivity contribution is 0.0216. The predicted molar refractivity (Wildman–Crippen MR) is 76.3 cm³/mol. The first-order valence-electron chi connectivity index (χ1n) is 7.17. The first-order chi connectivity index (χ1) is 9.20. The number of hydrogen-bond acceptors (Lipinski definition) is 4. The third kappa shape index (κ3) is 3.91. The van der Waals surface area contributed by atoms with Crippen LogP contribution in [0.3, 0.4) is 0 Å². The predicted octanol–water partition coefficient (Wildman–Crippen LogP) is 2.53. The standard InChI is InChI=1S/C15H24N2O2/c1-3-15(18)14-8-7-12(10-16-14)17(2)11-13-6-4-5-9-19-13/h7-8,10,13,15,18H,3-6,9,11H2,1-2H3. The van der Waals surface area contributed by atoms with Crippen LogP contribution in [-0.2, 0) is 4.74 Å². The van der Waals surface area contributed by atoms with Crippen molar-refractivity contribution >= 4 is 5.69 Å². The van der Waals surface area contributed by atoms with Crippen LogP contribution >= 0.6 is 0 Å². The molecule has 2 heterocycles. The van der Waals surface area contributed by atoms with E-state index in [2.05, 4.69) is 16.9 Å². The number of aromatic nitrogens is 1. The molecule has 2 rings (SSSR count). The Hall–Kier alpha value is -1.13. The Balaban J connectivity index is 1.93. The molecule has 1 aromatic heterocycles. The van der Waals surface area contributed by atoms with Crippen molar-refractivity contribution in [1.29, 1.82) is 0 Å². The maximum absolute atomic E-state index is 9.72. The molecule has 0 bridgehead atoms. The number of hydrogen-bond donors (Lipinski definition) is 1. The third-order valence-corrected chi connectivity index (χ3v) is 3.69. The molecule has 106 valence electrons. The van der Waals surface area contributed by atoms with Crippen molar-refractivity contribution in [2.24, 2.45) is 0 Å². The molecule has 0 aromatic carbocycles. The summed E-state index contributed by atoms with van der Waals surface area (Å²) in [5, 5.41) is 9.72. The summed E-state index contributed by atoms with van der Waals surface area (Å²) in [6.45, 7) is 3.74. The van der Waals surface area contributed by atoms with E-state index in [1.807, 2.05) is 25.3 Å². The highest BCUT2D eigenvalue weighted by atomic mass is 16.5. The summed E-state index contributed by atoms with van der Waals surface area (Å²) >= 11 is 0. The topological polar surface area (TPSA) is 45.6 Å². The van der Waals surface area contributed by atoms with Crippen LogP contribution in [0.2, 0.25) is 0 Å². The van der Waals surface area contributed by atoms with Crippen LogP contribution in [0, 0.1) is 0 Å². The summed E-state index contributed by atoms with van der Waals surface area (Å²) in [6.07, 6.45) is 5.99. The van der Waals surface area contributed by atoms with Gasteiger partial charge in [0.1, 0.15) is 0 Å². The van der Waals surface area contributed by atoms with Crippen LogP contribution in [0.15, 0.2) is 18.3 Å². The number of rotatable bonds is 5. The van der Waals surface area contributed by atoms with Crippen molar-refractivity contribution < 1.29 is 9.84 Å². The average Bonchev–Trinajstić information content (AvgIpc) is 2.47. The number of pyridine rings is 1. The van der Waals surface area contributed by atoms with Crippen LogP contribution in [0.1, 0.15) is 44.4 Å². The van der Waals surface area contributed by atoms with Gasteiger partial charge in [0.2, 0.25) is 0 Å². The van der Waals surface area contributed by atoms with E-state index in [0.29, 0.717) is 12.5 Å². The van der Waals surface area contributed by atoms with Gasteiger partial charge in [-0.2, -0.15) is 0 Å². The van der Waals surface area contributed by atoms with Gasteiger partial charge in [0.05, 0.1) is 29.8 Å². The van der Waals surface area contributed by atoms with Gasteiger partial charge in [-0.15, -0.1) is 0 Å². The molecule has 2 atom stereocenters. The Morgan fingerprint density at radius 2 is 2.32 bits per heavy atom. The Labute approximate surface area is 115 Å². The first-order valence-corrected chi connectivity index (χ1v) is 7.17. The summed E-state index contributed by atoms with van der Waals surface area (Å²) in [7, 11) is 2.06. The lowest BCUT2D eigenvalue weighted by Crippen LogP contribution is -2.33. The second kappa shape index (κ2) is 6.87. The number of likely N-dealkylation sites (N-methyl/N-ethyl adjacent to an activating group) is 1. The van der Waals surface area contributed by atoms with E-state index in [-0.39, 0.29) is 0 Å². The molecule has 1 N–H and O–H groups in total. The summed E-state index contributed by atoms with van der Waals surface area (Å²) in [4.78, 5) is 6.50. The summed E-state index contributed by atoms with van der Waals surface area (Å²) in [5.74, 6) is 0. The number of anilines is 1. The van der Waals surface area contributed by atoms with Gasteiger partial charge in [0.25, 0.3) is 0 Å². The highest BCUT2D eigenvalue weighted by Crippen LogP contribution is 2.20. The molecule has 1 fully saturated rings. The first kappa shape index (κ1) is 14.3. The van der Waals surface area contributed by atoms with Crippen LogP contribution in [-0.4, -0.2) is 36.4 Å². The zero-order valence-electron chi connectivity index (χ0n) is 11.9. The van der Waals surface area contributed by atoms with Gasteiger partial charge in [-0.3, -0.25) is 4.98 Å². The molecule has 19 heavy (non-hydrogen) atoms. The van der Waals surface area contributed by atoms with Gasteiger partial charge in [-0.25, -0.2) is 0 Å². The molecule has 1 aliphatic heterocycles. The fourth-order valence-electron chi connectivity index (χ4n) is 2.39. The van der Waals surface area contributed by atoms with Gasteiger partial charge in [0, 0.05) is 20.2 Å². The normalized spacial score (nSPS) is 21.1. The SMILES string of the molecule is CCC(O)c1ccc(N(C)CC2CCCCO2)cn1. The quantitative estimate of drug-likeness (QED) is 0.887. The van der Waals surface area contributed by atoms with E-state index < -0.39 is 6.10 Å². The largest absolute Gasteiger partial charge is 0.387 e. The second-order valence-electron chi connectivity index (χ2n) is 5.23. The minimum atomic E-state index is -0.457. The van der Waals surface area contributed by atoms with Crippen molar-refractivity contribution in [2.75, 3.05) is 25.1 Å². The highest BCUT2D eigenvalue weighted by molar-refractivity contribution is 5.44. The van der Waals surface area contributed by atoms with E-state index >= 15 is 0 Å². The number of aliphatic hydroxyl groups is 1. The monoisotopic (exact) mass is 264 g/mol. The molecule has 2 unspecified atom stereocenters. The Morgan fingerprint density at radius 3 is 2.89 bits per heavy atom. The average molecular weight is 264 g/mol. The number of aliphatic hydroxyl groups excluding tert-OH is 1. The molecule has 4 heteroatoms. The minimum Gasteiger partial charge on any atom is -0.387 e. The second-order valence-corrected chi connectivity index (χ2v) is 5.23. The van der Waals surface area contributed by atoms with E-state index in [1.165, 1.54) is 12.8 Å². The molecule has 0 radical (unpaired) electrons. The van der Waals surface area contributed by atoms with Crippen molar-refractivity contribution in [1.82, 2.24) is 4.98 Å². The summed E-state index contributed by atoms with van der Waals surface area (Å²) in [5.41, 5.74) is 1.81. The van der Waals surface area contributed by atoms with Gasteiger partial charge in [0.15, 0.2) is 0 Å². The van der Waals surface area contributed by atoms with Crippen LogP contribution in [0.4, 0.5) is 5.69 Å². The fraction of sp³-hybridized carbons (Fsp3) is 0.667. The van der Waals surface area contributed by atoms with E-state index in [4.69, 9.17) is 4.74 Å². The van der Waals surface area contributed by atoms with Crippen molar-refractivity contribution in [3.05, 3.63) is 24.0 Å². The molecule has 1 saturated heterocycles. The molecule has 4 nitrogen and oxygen atoms in total. The molecular formula is C15H24N2O2. The maximum Gasteiger partial charge on any atom is 0.0957 e. The van der Waals surface area contributed by atoms with Crippen LogP contribution in [0.5, 0.6) is 0 Å². The number of ether oxygens (including phenoxy) is 1. The molecule has 1 aliphatic rings. The number of nitrogens with zero attached hydrogens (tertiary/aromatic N) is 2. The Morgan fingerprint density at radius 1 is 1.47 bits per heavy atom. The van der Waals surface area contributed by atoms with E-state index in [0.717, 1.165) is 31.0 Å². The van der Waals surface area contributed by atoms with Crippen LogP contribution in [0.25, 0.3) is 0 Å². The van der Waals surface area contributed by atoms with Crippen molar-refractivity contribution in [3.63, 3.8) is 0 Å². The minimum absolute atomic E-state index is 0.333. The van der Waals surface area contributed by atoms with Crippen molar-refractivity contribution in [3.8, 4) is 0 Å². The lowest BCUT2D eigenvalue weighted by Gasteiger charge is -2.28. The highest BCUT2D eigenvalue weighted by Gasteiger charge is 2.16. The Kier molecular flexibility index (Phi) is 5.16.